The van der Waals surface area contributed by atoms with Gasteiger partial charge in [-0.15, -0.1) is 0 Å². The van der Waals surface area contributed by atoms with Crippen molar-refractivity contribution < 1.29 is 4.39 Å². The van der Waals surface area contributed by atoms with E-state index in [2.05, 4.69) is 10.3 Å². The van der Waals surface area contributed by atoms with E-state index in [9.17, 15) is 4.39 Å². The Morgan fingerprint density at radius 2 is 2.29 bits per heavy atom. The Bertz CT molecular complexity index is 372. The van der Waals surface area contributed by atoms with E-state index in [1.807, 2.05) is 6.92 Å². The molecule has 1 heterocycles. The molecule has 0 radical (unpaired) electrons. The molecule has 0 aliphatic carbocycles. The number of benzene rings is 1. The summed E-state index contributed by atoms with van der Waals surface area (Å²) in [6.45, 7) is 2.80. The quantitative estimate of drug-likeness (QED) is 0.727. The number of hydrogen-bond donors (Lipinski definition) is 1. The highest BCUT2D eigenvalue weighted by Crippen LogP contribution is 2.17. The lowest BCUT2D eigenvalue weighted by Gasteiger charge is -2.08. The molecule has 1 N–H and O–H groups in total. The fraction of sp³-hybridized carbons (Fsp3) is 0.364. The second kappa shape index (κ2) is 3.78. The zero-order valence-electron chi connectivity index (χ0n) is 8.18. The van der Waals surface area contributed by atoms with Crippen LogP contribution >= 0.6 is 0 Å². The first kappa shape index (κ1) is 9.19. The van der Waals surface area contributed by atoms with Gasteiger partial charge in [0.1, 0.15) is 11.7 Å². The first-order chi connectivity index (χ1) is 6.75. The zero-order valence-corrected chi connectivity index (χ0v) is 8.18. The van der Waals surface area contributed by atoms with Gasteiger partial charge in [-0.3, -0.25) is 4.99 Å². The van der Waals surface area contributed by atoms with E-state index in [1.165, 1.54) is 12.1 Å². The number of halogens is 1. The topological polar surface area (TPSA) is 24.4 Å². The number of aliphatic imine (C=N–C) groups is 1. The normalized spacial score (nSPS) is 15.4. The highest BCUT2D eigenvalue weighted by atomic mass is 19.1. The van der Waals surface area contributed by atoms with Crippen LogP contribution < -0.4 is 5.32 Å². The van der Waals surface area contributed by atoms with E-state index < -0.39 is 0 Å². The van der Waals surface area contributed by atoms with Crippen molar-refractivity contribution in [1.82, 2.24) is 0 Å². The summed E-state index contributed by atoms with van der Waals surface area (Å²) < 4.78 is 12.8. The number of nitrogens with zero attached hydrogens (tertiary/aromatic N) is 1. The van der Waals surface area contributed by atoms with Crippen LogP contribution in [0.2, 0.25) is 0 Å². The molecule has 0 fully saturated rings. The number of amidine groups is 1. The predicted molar refractivity (Wildman–Crippen MR) is 56.3 cm³/mol. The van der Waals surface area contributed by atoms with Crippen LogP contribution in [0.15, 0.2) is 23.2 Å². The van der Waals surface area contributed by atoms with E-state index in [-0.39, 0.29) is 5.82 Å². The first-order valence-electron chi connectivity index (χ1n) is 4.82. The lowest BCUT2D eigenvalue weighted by atomic mass is 10.2. The highest BCUT2D eigenvalue weighted by Gasteiger charge is 2.07. The van der Waals surface area contributed by atoms with Gasteiger partial charge in [-0.05, 0) is 37.1 Å². The SMILES string of the molecule is Cc1cc(F)ccc1NC1=NCCC1. The molecule has 0 aromatic heterocycles. The van der Waals surface area contributed by atoms with Crippen LogP contribution in [0, 0.1) is 12.7 Å². The molecule has 1 aromatic rings. The molecule has 2 rings (SSSR count). The van der Waals surface area contributed by atoms with Crippen molar-refractivity contribution in [3.05, 3.63) is 29.6 Å². The van der Waals surface area contributed by atoms with Crippen LogP contribution in [0.1, 0.15) is 18.4 Å². The molecule has 0 saturated carbocycles. The third-order valence-electron chi connectivity index (χ3n) is 2.34. The Labute approximate surface area is 82.9 Å². The second-order valence-electron chi connectivity index (χ2n) is 3.52. The van der Waals surface area contributed by atoms with Gasteiger partial charge >= 0.3 is 0 Å². The Balaban J connectivity index is 2.16. The number of anilines is 1. The van der Waals surface area contributed by atoms with Crippen LogP contribution in [0.4, 0.5) is 10.1 Å². The maximum atomic E-state index is 12.8. The number of aryl methyl sites for hydroxylation is 1. The van der Waals surface area contributed by atoms with Gasteiger partial charge in [-0.25, -0.2) is 4.39 Å². The molecule has 0 amide bonds. The Morgan fingerprint density at radius 3 is 2.93 bits per heavy atom. The van der Waals surface area contributed by atoms with Gasteiger partial charge in [0.15, 0.2) is 0 Å². The van der Waals surface area contributed by atoms with Crippen molar-refractivity contribution in [2.24, 2.45) is 4.99 Å². The zero-order chi connectivity index (χ0) is 9.97. The van der Waals surface area contributed by atoms with Crippen LogP contribution in [0.25, 0.3) is 0 Å². The number of rotatable bonds is 1. The summed E-state index contributed by atoms with van der Waals surface area (Å²) in [5, 5.41) is 3.22. The minimum Gasteiger partial charge on any atom is -0.344 e. The van der Waals surface area contributed by atoms with Crippen molar-refractivity contribution in [2.45, 2.75) is 19.8 Å². The average Bonchev–Trinajstić information content (AvgIpc) is 2.62. The molecule has 3 heteroatoms. The smallest absolute Gasteiger partial charge is 0.123 e. The molecule has 74 valence electrons. The maximum Gasteiger partial charge on any atom is 0.123 e. The molecule has 1 aromatic carbocycles. The van der Waals surface area contributed by atoms with Crippen molar-refractivity contribution in [1.29, 1.82) is 0 Å². The third-order valence-corrected chi connectivity index (χ3v) is 2.34. The standard InChI is InChI=1S/C11H13FN2/c1-8-7-9(12)4-5-10(8)14-11-3-2-6-13-11/h4-5,7H,2-3,6H2,1H3,(H,13,14). The van der Waals surface area contributed by atoms with Crippen LogP contribution in [0.3, 0.4) is 0 Å². The van der Waals surface area contributed by atoms with Crippen molar-refractivity contribution in [3.8, 4) is 0 Å². The largest absolute Gasteiger partial charge is 0.344 e. The van der Waals surface area contributed by atoms with Gasteiger partial charge in [0.05, 0.1) is 0 Å². The molecule has 2 nitrogen and oxygen atoms in total. The molecule has 0 unspecified atom stereocenters. The fourth-order valence-electron chi connectivity index (χ4n) is 1.56. The summed E-state index contributed by atoms with van der Waals surface area (Å²) in [4.78, 5) is 4.31. The van der Waals surface area contributed by atoms with Gasteiger partial charge in [-0.1, -0.05) is 0 Å². The molecule has 1 aliphatic heterocycles. The summed E-state index contributed by atoms with van der Waals surface area (Å²) in [6, 6.07) is 4.74. The second-order valence-corrected chi connectivity index (χ2v) is 3.52. The van der Waals surface area contributed by atoms with E-state index >= 15 is 0 Å². The van der Waals surface area contributed by atoms with Crippen molar-refractivity contribution in [2.75, 3.05) is 11.9 Å². The van der Waals surface area contributed by atoms with Gasteiger partial charge in [-0.2, -0.15) is 0 Å². The molecule has 0 bridgehead atoms. The minimum atomic E-state index is -0.193. The van der Waals surface area contributed by atoms with Crippen LogP contribution in [-0.4, -0.2) is 12.4 Å². The van der Waals surface area contributed by atoms with Gasteiger partial charge in [0.2, 0.25) is 0 Å². The molecule has 14 heavy (non-hydrogen) atoms. The summed E-state index contributed by atoms with van der Waals surface area (Å²) in [5.74, 6) is 0.820. The summed E-state index contributed by atoms with van der Waals surface area (Å²) in [7, 11) is 0. The summed E-state index contributed by atoms with van der Waals surface area (Å²) >= 11 is 0. The minimum absolute atomic E-state index is 0.193. The molecule has 0 atom stereocenters. The van der Waals surface area contributed by atoms with Crippen LogP contribution in [-0.2, 0) is 0 Å². The lowest BCUT2D eigenvalue weighted by molar-refractivity contribution is 0.627. The van der Waals surface area contributed by atoms with Gasteiger partial charge in [0, 0.05) is 18.7 Å². The monoisotopic (exact) mass is 192 g/mol. The van der Waals surface area contributed by atoms with E-state index in [4.69, 9.17) is 0 Å². The number of nitrogens with one attached hydrogen (secondary N) is 1. The molecule has 1 aliphatic rings. The van der Waals surface area contributed by atoms with Crippen molar-refractivity contribution >= 4 is 11.5 Å². The fourth-order valence-corrected chi connectivity index (χ4v) is 1.56. The molecule has 0 saturated heterocycles. The Hall–Kier alpha value is -1.38. The van der Waals surface area contributed by atoms with Crippen LogP contribution in [0.5, 0.6) is 0 Å². The summed E-state index contributed by atoms with van der Waals surface area (Å²) in [6.07, 6.45) is 2.11. The van der Waals surface area contributed by atoms with E-state index in [1.54, 1.807) is 6.07 Å². The molecular formula is C11H13FN2. The van der Waals surface area contributed by atoms with E-state index in [0.717, 1.165) is 36.5 Å². The lowest BCUT2D eigenvalue weighted by Crippen LogP contribution is -2.09. The molecule has 0 spiro atoms. The molecular weight excluding hydrogens is 179 g/mol. The highest BCUT2D eigenvalue weighted by molar-refractivity contribution is 5.96. The average molecular weight is 192 g/mol. The first-order valence-corrected chi connectivity index (χ1v) is 4.82. The van der Waals surface area contributed by atoms with E-state index in [0.29, 0.717) is 0 Å². The maximum absolute atomic E-state index is 12.8. The van der Waals surface area contributed by atoms with Gasteiger partial charge in [0.25, 0.3) is 0 Å². The predicted octanol–water partition coefficient (Wildman–Crippen LogP) is 2.74. The number of hydrogen-bond acceptors (Lipinski definition) is 2. The van der Waals surface area contributed by atoms with Gasteiger partial charge < -0.3 is 5.32 Å². The summed E-state index contributed by atoms with van der Waals surface area (Å²) in [5.41, 5.74) is 1.87. The third kappa shape index (κ3) is 1.92. The Morgan fingerprint density at radius 1 is 1.43 bits per heavy atom. The van der Waals surface area contributed by atoms with Crippen molar-refractivity contribution in [3.63, 3.8) is 0 Å². The Kier molecular flexibility index (Phi) is 2.48.